The van der Waals surface area contributed by atoms with Gasteiger partial charge in [0.2, 0.25) is 0 Å². The monoisotopic (exact) mass is 594 g/mol. The molecule has 9 heteroatoms. The van der Waals surface area contributed by atoms with E-state index in [2.05, 4.69) is 13.5 Å². The maximum atomic E-state index is 11.6. The zero-order chi connectivity index (χ0) is 30.1. The SMILES string of the molecule is C=C(CCCCCCCCCCCCCCC)CC(CO[PH](O)(O)OCC[N+](C)(C)C)OCCCC(=O)OCC. The summed E-state index contributed by atoms with van der Waals surface area (Å²) in [5.41, 5.74) is 1.07. The van der Waals surface area contributed by atoms with Crippen LogP contribution in [0.4, 0.5) is 0 Å². The topological polar surface area (TPSA) is 94.5 Å². The molecule has 0 radical (unpaired) electrons. The van der Waals surface area contributed by atoms with E-state index in [1.165, 1.54) is 77.0 Å². The summed E-state index contributed by atoms with van der Waals surface area (Å²) in [5, 5.41) is 0. The first kappa shape index (κ1) is 39.4. The van der Waals surface area contributed by atoms with Gasteiger partial charge in [0.25, 0.3) is 0 Å². The summed E-state index contributed by atoms with van der Waals surface area (Å²) in [6.07, 6.45) is 19.1. The van der Waals surface area contributed by atoms with Crippen molar-refractivity contribution in [3.63, 3.8) is 0 Å². The van der Waals surface area contributed by atoms with Crippen LogP contribution in [0.5, 0.6) is 0 Å². The molecule has 1 atom stereocenters. The zero-order valence-corrected chi connectivity index (χ0v) is 27.7. The summed E-state index contributed by atoms with van der Waals surface area (Å²) in [7, 11) is 1.77. The van der Waals surface area contributed by atoms with Gasteiger partial charge >= 0.3 is 195 Å². The average Bonchev–Trinajstić information content (AvgIpc) is 2.87. The van der Waals surface area contributed by atoms with Gasteiger partial charge in [0.05, 0.1) is 0 Å². The fraction of sp³-hybridized carbons (Fsp3) is 0.903. The molecule has 0 aromatic heterocycles. The summed E-state index contributed by atoms with van der Waals surface area (Å²) in [6.45, 7) is 9.82. The second kappa shape index (κ2) is 24.9. The molecule has 0 aliphatic rings. The van der Waals surface area contributed by atoms with Crippen LogP contribution in [0.3, 0.4) is 0 Å². The molecule has 0 fully saturated rings. The summed E-state index contributed by atoms with van der Waals surface area (Å²) in [5.74, 6) is -0.242. The van der Waals surface area contributed by atoms with Crippen molar-refractivity contribution in [2.75, 3.05) is 54.1 Å². The summed E-state index contributed by atoms with van der Waals surface area (Å²) in [4.78, 5) is 32.1. The second-order valence-corrected chi connectivity index (χ2v) is 13.7. The Kier molecular flexibility index (Phi) is 24.6. The van der Waals surface area contributed by atoms with Crippen molar-refractivity contribution in [3.05, 3.63) is 12.2 Å². The van der Waals surface area contributed by atoms with Gasteiger partial charge in [-0.25, -0.2) is 0 Å². The van der Waals surface area contributed by atoms with E-state index >= 15 is 0 Å². The Morgan fingerprint density at radius 3 is 1.85 bits per heavy atom. The van der Waals surface area contributed by atoms with Gasteiger partial charge in [-0.2, -0.15) is 0 Å². The van der Waals surface area contributed by atoms with Crippen LogP contribution in [-0.4, -0.2) is 80.5 Å². The molecule has 1 unspecified atom stereocenters. The Labute approximate surface area is 247 Å². The average molecular weight is 595 g/mol. The Morgan fingerprint density at radius 2 is 1.32 bits per heavy atom. The first-order valence-electron chi connectivity index (χ1n) is 16.0. The van der Waals surface area contributed by atoms with Crippen molar-refractivity contribution < 1.29 is 37.6 Å². The zero-order valence-electron chi connectivity index (χ0n) is 26.7. The number of carbonyl (C=O) groups excluding carboxylic acids is 1. The van der Waals surface area contributed by atoms with Crippen LogP contribution < -0.4 is 0 Å². The number of carbonyl (C=O) groups is 1. The predicted molar refractivity (Wildman–Crippen MR) is 167 cm³/mol. The standard InChI is InChI=1S/C31H65NO7P/c1-7-9-10-11-12-13-14-15-16-17-18-19-20-22-29(3)27-30(37-25-21-23-31(33)36-8-2)28-39-40(34,35)38-26-24-32(4,5)6/h30,34-35,40H,3,7-28H2,1-2,4-6H3/q+1. The van der Waals surface area contributed by atoms with Gasteiger partial charge in [-0.1, -0.05) is 51.9 Å². The van der Waals surface area contributed by atoms with E-state index in [1.54, 1.807) is 6.92 Å². The van der Waals surface area contributed by atoms with Crippen molar-refractivity contribution >= 4 is 14.1 Å². The van der Waals surface area contributed by atoms with Crippen molar-refractivity contribution in [1.82, 2.24) is 0 Å². The number of rotatable bonds is 29. The first-order valence-corrected chi connectivity index (χ1v) is 17.7. The third kappa shape index (κ3) is 27.6. The van der Waals surface area contributed by atoms with Crippen molar-refractivity contribution in [2.24, 2.45) is 0 Å². The quantitative estimate of drug-likeness (QED) is 0.0309. The number of esters is 1. The number of hydrogen-bond acceptors (Lipinski definition) is 7. The minimum atomic E-state index is -4.25. The number of nitrogens with zero attached hydrogens (tertiary/aromatic N) is 1. The van der Waals surface area contributed by atoms with Crippen LogP contribution in [0.2, 0.25) is 0 Å². The van der Waals surface area contributed by atoms with Crippen LogP contribution >= 0.6 is 8.17 Å². The summed E-state index contributed by atoms with van der Waals surface area (Å²) in [6, 6.07) is 0. The van der Waals surface area contributed by atoms with Gasteiger partial charge < -0.3 is 0 Å². The minimum absolute atomic E-state index is 0.000623. The van der Waals surface area contributed by atoms with Gasteiger partial charge in [0, 0.05) is 0 Å². The molecular formula is C31H65NO7P+. The third-order valence-electron chi connectivity index (χ3n) is 6.84. The van der Waals surface area contributed by atoms with Gasteiger partial charge in [0.15, 0.2) is 0 Å². The Balaban J connectivity index is 4.29. The Morgan fingerprint density at radius 1 is 0.775 bits per heavy atom. The molecule has 0 heterocycles. The van der Waals surface area contributed by atoms with E-state index in [1.807, 2.05) is 21.1 Å². The van der Waals surface area contributed by atoms with Gasteiger partial charge in [-0.05, 0) is 0 Å². The molecular weight excluding hydrogens is 529 g/mol. The molecule has 0 saturated heterocycles. The summed E-state index contributed by atoms with van der Waals surface area (Å²) >= 11 is 0. The van der Waals surface area contributed by atoms with E-state index in [0.29, 0.717) is 37.1 Å². The molecule has 0 aromatic carbocycles. The number of hydrogen-bond donors (Lipinski definition) is 2. The van der Waals surface area contributed by atoms with E-state index in [-0.39, 0.29) is 31.7 Å². The first-order chi connectivity index (χ1) is 19.0. The predicted octanol–water partition coefficient (Wildman–Crippen LogP) is 7.28. The number of likely N-dealkylation sites (N-methyl/N-ethyl adjacent to an activating group) is 1. The van der Waals surface area contributed by atoms with E-state index in [9.17, 15) is 14.6 Å². The van der Waals surface area contributed by atoms with Gasteiger partial charge in [0.1, 0.15) is 0 Å². The molecule has 240 valence electrons. The Bertz CT molecular complexity index is 625. The molecule has 0 rings (SSSR count). The number of quaternary nitrogens is 1. The number of ether oxygens (including phenoxy) is 2. The normalized spacial score (nSPS) is 13.4. The molecule has 0 bridgehead atoms. The van der Waals surface area contributed by atoms with E-state index in [4.69, 9.17) is 18.5 Å². The van der Waals surface area contributed by atoms with Crippen LogP contribution in [0.1, 0.15) is 123 Å². The number of unbranched alkanes of at least 4 members (excludes halogenated alkanes) is 12. The molecule has 2 N–H and O–H groups in total. The fourth-order valence-electron chi connectivity index (χ4n) is 4.38. The molecule has 0 aromatic rings. The molecule has 0 spiro atoms. The van der Waals surface area contributed by atoms with Crippen LogP contribution in [0, 0.1) is 0 Å². The van der Waals surface area contributed by atoms with E-state index in [0.717, 1.165) is 18.4 Å². The van der Waals surface area contributed by atoms with Crippen molar-refractivity contribution in [1.29, 1.82) is 0 Å². The molecule has 0 aliphatic heterocycles. The van der Waals surface area contributed by atoms with Crippen LogP contribution in [-0.2, 0) is 23.3 Å². The van der Waals surface area contributed by atoms with Gasteiger partial charge in [-0.3, -0.25) is 0 Å². The fourth-order valence-corrected chi connectivity index (χ4v) is 5.22. The Hall–Kier alpha value is -0.600. The third-order valence-corrected chi connectivity index (χ3v) is 7.97. The summed E-state index contributed by atoms with van der Waals surface area (Å²) < 4.78 is 22.3. The van der Waals surface area contributed by atoms with Gasteiger partial charge in [-0.15, -0.1) is 0 Å². The molecule has 0 amide bonds. The molecule has 40 heavy (non-hydrogen) atoms. The van der Waals surface area contributed by atoms with Crippen LogP contribution in [0.25, 0.3) is 0 Å². The molecule has 8 nitrogen and oxygen atoms in total. The van der Waals surface area contributed by atoms with E-state index < -0.39 is 8.17 Å². The molecule has 0 saturated carbocycles. The molecule has 0 aliphatic carbocycles. The van der Waals surface area contributed by atoms with Crippen molar-refractivity contribution in [3.8, 4) is 0 Å². The van der Waals surface area contributed by atoms with Crippen LogP contribution in [0.15, 0.2) is 12.2 Å². The van der Waals surface area contributed by atoms with Crippen molar-refractivity contribution in [2.45, 2.75) is 129 Å². The second-order valence-electron chi connectivity index (χ2n) is 12.1. The maximum absolute atomic E-state index is 11.6.